The van der Waals surface area contributed by atoms with Crippen molar-refractivity contribution in [3.05, 3.63) is 36.5 Å². The molecule has 0 spiro atoms. The number of carbonyl (C=O) groups excluding carboxylic acids is 1. The van der Waals surface area contributed by atoms with E-state index in [4.69, 9.17) is 0 Å². The Balaban J connectivity index is 2.34. The van der Waals surface area contributed by atoms with Crippen LogP contribution in [0.25, 0.3) is 0 Å². The van der Waals surface area contributed by atoms with Gasteiger partial charge in [0, 0.05) is 0 Å². The largest absolute Gasteiger partial charge is 0.325 e. The number of hydrogen-bond donors (Lipinski definition) is 0. The lowest BCUT2D eigenvalue weighted by molar-refractivity contribution is -0.118. The van der Waals surface area contributed by atoms with Crippen LogP contribution in [0.1, 0.15) is 0 Å². The zero-order valence-corrected chi connectivity index (χ0v) is 6.05. The molecule has 0 aliphatic carbocycles. The van der Waals surface area contributed by atoms with E-state index < -0.39 is 0 Å². The van der Waals surface area contributed by atoms with Crippen molar-refractivity contribution >= 4 is 6.41 Å². The molecule has 56 valence electrons. The highest BCUT2D eigenvalue weighted by atomic mass is 16.1. The predicted molar refractivity (Wildman–Crippen MR) is 42.9 cm³/mol. The monoisotopic (exact) mass is 147 g/mol. The third kappa shape index (κ3) is 0.909. The van der Waals surface area contributed by atoms with E-state index in [1.807, 2.05) is 36.5 Å². The molecule has 0 aromatic rings. The summed E-state index contributed by atoms with van der Waals surface area (Å²) in [6.45, 7) is 0. The molecule has 1 amide bonds. The van der Waals surface area contributed by atoms with Crippen LogP contribution in [0.15, 0.2) is 36.5 Å². The van der Waals surface area contributed by atoms with Gasteiger partial charge < -0.3 is 4.90 Å². The molecule has 0 aromatic heterocycles. The molecule has 2 rings (SSSR count). The lowest BCUT2D eigenvalue weighted by Crippen LogP contribution is -2.32. The van der Waals surface area contributed by atoms with Crippen molar-refractivity contribution in [1.29, 1.82) is 0 Å². The highest BCUT2D eigenvalue weighted by molar-refractivity contribution is 5.54. The molecule has 0 aromatic carbocycles. The first kappa shape index (κ1) is 6.40. The van der Waals surface area contributed by atoms with Gasteiger partial charge in [-0.15, -0.1) is 0 Å². The summed E-state index contributed by atoms with van der Waals surface area (Å²) < 4.78 is 0. The second-order valence-corrected chi connectivity index (χ2v) is 2.69. The first-order chi connectivity index (χ1) is 5.42. The summed E-state index contributed by atoms with van der Waals surface area (Å²) in [6, 6.07) is 0.347. The Kier molecular flexibility index (Phi) is 1.39. The van der Waals surface area contributed by atoms with Crippen molar-refractivity contribution in [3.8, 4) is 0 Å². The fourth-order valence-electron chi connectivity index (χ4n) is 1.45. The van der Waals surface area contributed by atoms with Crippen LogP contribution < -0.4 is 0 Å². The SMILES string of the molecule is O=CN1C2C=CC=CC1C=C2. The van der Waals surface area contributed by atoms with Crippen LogP contribution >= 0.6 is 0 Å². The van der Waals surface area contributed by atoms with Gasteiger partial charge in [0.25, 0.3) is 0 Å². The summed E-state index contributed by atoms with van der Waals surface area (Å²) in [7, 11) is 0. The number of fused-ring (bicyclic) bond motifs is 2. The third-order valence-electron chi connectivity index (χ3n) is 2.04. The Morgan fingerprint density at radius 1 is 1.00 bits per heavy atom. The molecule has 2 atom stereocenters. The summed E-state index contributed by atoms with van der Waals surface area (Å²) in [5.41, 5.74) is 0. The first-order valence-electron chi connectivity index (χ1n) is 3.68. The third-order valence-corrected chi connectivity index (χ3v) is 2.04. The van der Waals surface area contributed by atoms with Gasteiger partial charge in [-0.2, -0.15) is 0 Å². The average Bonchev–Trinajstić information content (AvgIpc) is 2.23. The Bertz CT molecular complexity index is 230. The van der Waals surface area contributed by atoms with Gasteiger partial charge in [-0.25, -0.2) is 0 Å². The standard InChI is InChI=1S/C9H9NO/c11-7-10-8-3-1-2-4-9(10)6-5-8/h1-9H. The molecule has 2 aliphatic heterocycles. The predicted octanol–water partition coefficient (Wildman–Crippen LogP) is 0.878. The Morgan fingerprint density at radius 2 is 1.55 bits per heavy atom. The van der Waals surface area contributed by atoms with Crippen LogP contribution in [-0.4, -0.2) is 23.4 Å². The zero-order valence-electron chi connectivity index (χ0n) is 6.05. The number of rotatable bonds is 1. The number of amides is 1. The van der Waals surface area contributed by atoms with Crippen molar-refractivity contribution in [1.82, 2.24) is 4.90 Å². The zero-order chi connectivity index (χ0) is 7.68. The van der Waals surface area contributed by atoms with Gasteiger partial charge in [0.2, 0.25) is 6.41 Å². The molecular weight excluding hydrogens is 138 g/mol. The first-order valence-corrected chi connectivity index (χ1v) is 3.68. The Morgan fingerprint density at radius 3 is 2.00 bits per heavy atom. The number of carbonyl (C=O) groups is 1. The minimum Gasteiger partial charge on any atom is -0.325 e. The van der Waals surface area contributed by atoms with E-state index in [0.717, 1.165) is 6.41 Å². The van der Waals surface area contributed by atoms with Gasteiger partial charge in [0.05, 0.1) is 12.1 Å². The van der Waals surface area contributed by atoms with E-state index in [9.17, 15) is 4.79 Å². The van der Waals surface area contributed by atoms with Crippen molar-refractivity contribution in [2.24, 2.45) is 0 Å². The highest BCUT2D eigenvalue weighted by Crippen LogP contribution is 2.19. The minimum absolute atomic E-state index is 0.174. The Hall–Kier alpha value is -1.31. The molecule has 0 saturated carbocycles. The maximum atomic E-state index is 10.6. The molecule has 2 heteroatoms. The molecule has 11 heavy (non-hydrogen) atoms. The molecule has 2 heterocycles. The van der Waals surface area contributed by atoms with E-state index in [2.05, 4.69) is 0 Å². The molecule has 0 fully saturated rings. The summed E-state index contributed by atoms with van der Waals surface area (Å²) >= 11 is 0. The van der Waals surface area contributed by atoms with Crippen LogP contribution in [0.4, 0.5) is 0 Å². The molecular formula is C9H9NO. The molecule has 2 unspecified atom stereocenters. The van der Waals surface area contributed by atoms with Crippen molar-refractivity contribution in [2.75, 3.05) is 0 Å². The molecule has 0 N–H and O–H groups in total. The lowest BCUT2D eigenvalue weighted by Gasteiger charge is -2.20. The average molecular weight is 147 g/mol. The van der Waals surface area contributed by atoms with E-state index in [0.29, 0.717) is 0 Å². The van der Waals surface area contributed by atoms with Crippen LogP contribution in [-0.2, 0) is 4.79 Å². The smallest absolute Gasteiger partial charge is 0.211 e. The summed E-state index contributed by atoms with van der Waals surface area (Å²) in [6.07, 6.45) is 13.0. The highest BCUT2D eigenvalue weighted by Gasteiger charge is 2.23. The number of allylic oxidation sites excluding steroid dienone is 2. The topological polar surface area (TPSA) is 20.3 Å². The maximum Gasteiger partial charge on any atom is 0.211 e. The van der Waals surface area contributed by atoms with E-state index >= 15 is 0 Å². The van der Waals surface area contributed by atoms with Gasteiger partial charge in [0.1, 0.15) is 0 Å². The van der Waals surface area contributed by atoms with Crippen LogP contribution in [0.3, 0.4) is 0 Å². The van der Waals surface area contributed by atoms with E-state index in [1.54, 1.807) is 4.90 Å². The van der Waals surface area contributed by atoms with Gasteiger partial charge in [-0.1, -0.05) is 36.5 Å². The molecule has 2 aliphatic rings. The van der Waals surface area contributed by atoms with Gasteiger partial charge in [-0.05, 0) is 0 Å². The van der Waals surface area contributed by atoms with Crippen molar-refractivity contribution in [3.63, 3.8) is 0 Å². The summed E-state index contributed by atoms with van der Waals surface area (Å²) in [4.78, 5) is 12.4. The van der Waals surface area contributed by atoms with Crippen LogP contribution in [0.5, 0.6) is 0 Å². The lowest BCUT2D eigenvalue weighted by atomic mass is 10.2. The van der Waals surface area contributed by atoms with Gasteiger partial charge in [-0.3, -0.25) is 4.79 Å². The van der Waals surface area contributed by atoms with E-state index in [-0.39, 0.29) is 12.1 Å². The number of hydrogen-bond acceptors (Lipinski definition) is 1. The van der Waals surface area contributed by atoms with Crippen molar-refractivity contribution in [2.45, 2.75) is 12.1 Å². The fraction of sp³-hybridized carbons (Fsp3) is 0.222. The Labute approximate surface area is 65.5 Å². The normalized spacial score (nSPS) is 32.5. The van der Waals surface area contributed by atoms with Crippen LogP contribution in [0.2, 0.25) is 0 Å². The second-order valence-electron chi connectivity index (χ2n) is 2.69. The molecule has 0 radical (unpaired) electrons. The fourth-order valence-corrected chi connectivity index (χ4v) is 1.45. The quantitative estimate of drug-likeness (QED) is 0.398. The molecule has 2 nitrogen and oxygen atoms in total. The summed E-state index contributed by atoms with van der Waals surface area (Å²) in [5.74, 6) is 0. The van der Waals surface area contributed by atoms with Crippen LogP contribution in [0, 0.1) is 0 Å². The minimum atomic E-state index is 0.174. The summed E-state index contributed by atoms with van der Waals surface area (Å²) in [5, 5.41) is 0. The molecule has 2 bridgehead atoms. The maximum absolute atomic E-state index is 10.6. The van der Waals surface area contributed by atoms with Crippen molar-refractivity contribution < 1.29 is 4.79 Å². The molecule has 0 saturated heterocycles. The van der Waals surface area contributed by atoms with E-state index in [1.165, 1.54) is 0 Å². The second kappa shape index (κ2) is 2.38. The number of nitrogens with zero attached hydrogens (tertiary/aromatic N) is 1. The van der Waals surface area contributed by atoms with Gasteiger partial charge >= 0.3 is 0 Å². The van der Waals surface area contributed by atoms with Gasteiger partial charge in [0.15, 0.2) is 0 Å².